The highest BCUT2D eigenvalue weighted by molar-refractivity contribution is 7.84. The molecule has 1 saturated heterocycles. The third kappa shape index (κ3) is 4.31. The predicted octanol–water partition coefficient (Wildman–Crippen LogP) is 3.53. The Bertz CT molecular complexity index is 920. The number of aromatic nitrogens is 2. The van der Waals surface area contributed by atoms with Gasteiger partial charge in [0.25, 0.3) is 0 Å². The zero-order chi connectivity index (χ0) is 21.3. The van der Waals surface area contributed by atoms with E-state index in [1.165, 1.54) is 0 Å². The van der Waals surface area contributed by atoms with Gasteiger partial charge in [0.2, 0.25) is 5.95 Å². The standard InChI is InChI=1S/C21H26ClFN4O2S/c1-30(29)18-11-24-20(25-19(18)26-21(13-28)8-2-9-21)27-10-7-16(17(23)12-27)14-3-5-15(22)6-4-14/h3-6,11,16-17,28H,2,7-10,12-13H2,1H3,(H,24,25,26)/t16?,17?,30-/m0/s1. The molecular formula is C21H26ClFN4O2S. The van der Waals surface area contributed by atoms with Crippen LogP contribution in [0, 0.1) is 0 Å². The van der Waals surface area contributed by atoms with E-state index < -0.39 is 22.5 Å². The van der Waals surface area contributed by atoms with Crippen LogP contribution in [0.25, 0.3) is 0 Å². The Morgan fingerprint density at radius 2 is 2.10 bits per heavy atom. The maximum atomic E-state index is 15.0. The van der Waals surface area contributed by atoms with Gasteiger partial charge in [-0.15, -0.1) is 0 Å². The monoisotopic (exact) mass is 452 g/mol. The number of piperidine rings is 1. The summed E-state index contributed by atoms with van der Waals surface area (Å²) in [6.45, 7) is 0.792. The lowest BCUT2D eigenvalue weighted by Crippen LogP contribution is -2.49. The number of halogens is 2. The van der Waals surface area contributed by atoms with E-state index in [-0.39, 0.29) is 19.1 Å². The van der Waals surface area contributed by atoms with Crippen LogP contribution in [0.5, 0.6) is 0 Å². The number of hydrogen-bond acceptors (Lipinski definition) is 6. The largest absolute Gasteiger partial charge is 0.394 e. The fourth-order valence-electron chi connectivity index (χ4n) is 4.16. The minimum atomic E-state index is -1.28. The second kappa shape index (κ2) is 8.77. The van der Waals surface area contributed by atoms with Gasteiger partial charge in [-0.1, -0.05) is 23.7 Å². The molecule has 3 atom stereocenters. The highest BCUT2D eigenvalue weighted by Gasteiger charge is 2.38. The molecule has 2 unspecified atom stereocenters. The lowest BCUT2D eigenvalue weighted by molar-refractivity contribution is 0.143. The number of anilines is 2. The van der Waals surface area contributed by atoms with Crippen molar-refractivity contribution in [2.45, 2.75) is 48.2 Å². The normalized spacial score (nSPS) is 24.2. The fourth-order valence-corrected chi connectivity index (χ4v) is 4.86. The Hall–Kier alpha value is -1.77. The van der Waals surface area contributed by atoms with Crippen LogP contribution in [0.3, 0.4) is 0 Å². The molecule has 162 valence electrons. The molecule has 9 heteroatoms. The molecule has 1 saturated carbocycles. The number of rotatable bonds is 6. The molecule has 0 amide bonds. The first kappa shape index (κ1) is 21.5. The molecule has 2 N–H and O–H groups in total. The fraction of sp³-hybridized carbons (Fsp3) is 0.524. The van der Waals surface area contributed by atoms with Gasteiger partial charge in [-0.3, -0.25) is 4.21 Å². The van der Waals surface area contributed by atoms with Gasteiger partial charge < -0.3 is 15.3 Å². The summed E-state index contributed by atoms with van der Waals surface area (Å²) in [5.74, 6) is 0.687. The van der Waals surface area contributed by atoms with Crippen molar-refractivity contribution < 1.29 is 13.7 Å². The zero-order valence-corrected chi connectivity index (χ0v) is 18.4. The van der Waals surface area contributed by atoms with Gasteiger partial charge in [-0.05, 0) is 43.4 Å². The van der Waals surface area contributed by atoms with Gasteiger partial charge in [-0.25, -0.2) is 9.37 Å². The molecule has 2 aromatic rings. The molecule has 0 radical (unpaired) electrons. The van der Waals surface area contributed by atoms with Crippen LogP contribution in [0.1, 0.15) is 37.2 Å². The van der Waals surface area contributed by atoms with Crippen LogP contribution in [0.15, 0.2) is 35.4 Å². The second-order valence-corrected chi connectivity index (χ2v) is 9.95. The first-order valence-electron chi connectivity index (χ1n) is 10.1. The molecule has 2 fully saturated rings. The van der Waals surface area contributed by atoms with E-state index in [1.807, 2.05) is 17.0 Å². The van der Waals surface area contributed by atoms with Crippen LogP contribution in [0.2, 0.25) is 5.02 Å². The number of aliphatic hydroxyl groups excluding tert-OH is 1. The smallest absolute Gasteiger partial charge is 0.227 e. The summed E-state index contributed by atoms with van der Waals surface area (Å²) in [7, 11) is -1.28. The van der Waals surface area contributed by atoms with E-state index in [2.05, 4.69) is 15.3 Å². The van der Waals surface area contributed by atoms with E-state index in [0.29, 0.717) is 34.6 Å². The van der Waals surface area contributed by atoms with E-state index in [1.54, 1.807) is 24.6 Å². The first-order chi connectivity index (χ1) is 14.4. The van der Waals surface area contributed by atoms with Crippen molar-refractivity contribution in [3.63, 3.8) is 0 Å². The Morgan fingerprint density at radius 1 is 1.37 bits per heavy atom. The van der Waals surface area contributed by atoms with Gasteiger partial charge in [0.1, 0.15) is 12.0 Å². The molecule has 2 heterocycles. The van der Waals surface area contributed by atoms with Crippen molar-refractivity contribution in [1.82, 2.24) is 9.97 Å². The van der Waals surface area contributed by atoms with Gasteiger partial charge in [-0.2, -0.15) is 4.98 Å². The molecule has 0 spiro atoms. The summed E-state index contributed by atoms with van der Waals surface area (Å²) < 4.78 is 27.2. The lowest BCUT2D eigenvalue weighted by atomic mass is 9.77. The molecule has 1 aliphatic heterocycles. The van der Waals surface area contributed by atoms with E-state index in [4.69, 9.17) is 11.6 Å². The summed E-state index contributed by atoms with van der Waals surface area (Å²) in [5.41, 5.74) is 0.519. The average Bonchev–Trinajstić information content (AvgIpc) is 2.71. The summed E-state index contributed by atoms with van der Waals surface area (Å²) in [4.78, 5) is 11.3. The van der Waals surface area contributed by atoms with E-state index >= 15 is 4.39 Å². The van der Waals surface area contributed by atoms with Crippen LogP contribution < -0.4 is 10.2 Å². The van der Waals surface area contributed by atoms with Crippen molar-refractivity contribution in [1.29, 1.82) is 0 Å². The molecule has 6 nitrogen and oxygen atoms in total. The Kier molecular flexibility index (Phi) is 6.27. The highest BCUT2D eigenvalue weighted by atomic mass is 35.5. The zero-order valence-electron chi connectivity index (χ0n) is 16.9. The van der Waals surface area contributed by atoms with Crippen molar-refractivity contribution in [3.8, 4) is 0 Å². The van der Waals surface area contributed by atoms with Crippen LogP contribution in [-0.2, 0) is 10.8 Å². The molecule has 1 aliphatic carbocycles. The van der Waals surface area contributed by atoms with Crippen molar-refractivity contribution in [2.75, 3.05) is 36.2 Å². The van der Waals surface area contributed by atoms with Crippen molar-refractivity contribution in [3.05, 3.63) is 41.0 Å². The molecular weight excluding hydrogens is 427 g/mol. The number of alkyl halides is 1. The summed E-state index contributed by atoms with van der Waals surface area (Å²) in [5, 5.41) is 13.7. The van der Waals surface area contributed by atoms with Gasteiger partial charge in [0.15, 0.2) is 0 Å². The van der Waals surface area contributed by atoms with Crippen LogP contribution in [-0.4, -0.2) is 56.9 Å². The predicted molar refractivity (Wildman–Crippen MR) is 118 cm³/mol. The third-order valence-electron chi connectivity index (χ3n) is 6.17. The third-order valence-corrected chi connectivity index (χ3v) is 7.34. The van der Waals surface area contributed by atoms with Crippen molar-refractivity contribution in [2.24, 2.45) is 0 Å². The lowest BCUT2D eigenvalue weighted by Gasteiger charge is -2.42. The molecule has 1 aromatic heterocycles. The quantitative estimate of drug-likeness (QED) is 0.698. The van der Waals surface area contributed by atoms with Crippen LogP contribution in [0.4, 0.5) is 16.2 Å². The maximum absolute atomic E-state index is 15.0. The summed E-state index contributed by atoms with van der Waals surface area (Å²) >= 11 is 5.95. The topological polar surface area (TPSA) is 78.4 Å². The number of nitrogens with one attached hydrogen (secondary N) is 1. The Balaban J connectivity index is 1.53. The molecule has 2 aliphatic rings. The van der Waals surface area contributed by atoms with Gasteiger partial charge in [0.05, 0.1) is 40.6 Å². The Morgan fingerprint density at radius 3 is 2.67 bits per heavy atom. The second-order valence-electron chi connectivity index (χ2n) is 8.16. The number of aliphatic hydroxyl groups is 1. The first-order valence-corrected chi connectivity index (χ1v) is 12.1. The number of nitrogens with zero attached hydrogens (tertiary/aromatic N) is 3. The van der Waals surface area contributed by atoms with E-state index in [9.17, 15) is 9.32 Å². The van der Waals surface area contributed by atoms with Gasteiger partial charge >= 0.3 is 0 Å². The summed E-state index contributed by atoms with van der Waals surface area (Å²) in [6, 6.07) is 7.34. The molecule has 30 heavy (non-hydrogen) atoms. The SMILES string of the molecule is C[S@](=O)c1cnc(N2CCC(c3ccc(Cl)cc3)C(F)C2)nc1NC1(CO)CCC1. The minimum absolute atomic E-state index is 0.0127. The van der Waals surface area contributed by atoms with Crippen molar-refractivity contribution >= 4 is 34.2 Å². The Labute approximate surface area is 183 Å². The molecule has 1 aromatic carbocycles. The van der Waals surface area contributed by atoms with E-state index in [0.717, 1.165) is 24.8 Å². The molecule has 4 rings (SSSR count). The molecule has 0 bridgehead atoms. The van der Waals surface area contributed by atoms with Crippen LogP contribution >= 0.6 is 11.6 Å². The minimum Gasteiger partial charge on any atom is -0.394 e. The maximum Gasteiger partial charge on any atom is 0.227 e. The van der Waals surface area contributed by atoms with Gasteiger partial charge in [0, 0.05) is 23.7 Å². The average molecular weight is 453 g/mol. The highest BCUT2D eigenvalue weighted by Crippen LogP contribution is 2.37. The number of hydrogen-bond donors (Lipinski definition) is 2. The number of benzene rings is 1. The summed E-state index contributed by atoms with van der Waals surface area (Å²) in [6.07, 6.45) is 5.38.